The molecule has 0 unspecified atom stereocenters. The second-order valence-corrected chi connectivity index (χ2v) is 5.36. The molecule has 4 nitrogen and oxygen atoms in total. The molecule has 0 bridgehead atoms. The lowest BCUT2D eigenvalue weighted by Gasteiger charge is -2.24. The number of nitrogens with zero attached hydrogens (tertiary/aromatic N) is 1. The third-order valence-corrected chi connectivity index (χ3v) is 4.21. The van der Waals surface area contributed by atoms with Gasteiger partial charge in [-0.25, -0.2) is 0 Å². The van der Waals surface area contributed by atoms with Crippen molar-refractivity contribution in [1.82, 2.24) is 5.32 Å². The van der Waals surface area contributed by atoms with Gasteiger partial charge in [-0.2, -0.15) is 4.99 Å². The monoisotopic (exact) mass is 252 g/mol. The predicted octanol–water partition coefficient (Wildman–Crippen LogP) is 2.77. The smallest absolute Gasteiger partial charge is 0.294 e. The number of aliphatic imine (C=N–C) groups is 1. The Hall–Kier alpha value is -1.06. The van der Waals surface area contributed by atoms with E-state index in [1.54, 1.807) is 0 Å². The molecule has 1 aliphatic carbocycles. The SMILES string of the molecule is CCC1(CC)OC(NC2CCCCCC2)=NC1=O. The molecule has 0 aromatic carbocycles. The van der Waals surface area contributed by atoms with Crippen LogP contribution in [0.15, 0.2) is 4.99 Å². The van der Waals surface area contributed by atoms with E-state index in [0.29, 0.717) is 24.9 Å². The van der Waals surface area contributed by atoms with Gasteiger partial charge in [0.2, 0.25) is 0 Å². The topological polar surface area (TPSA) is 50.7 Å². The molecule has 0 radical (unpaired) electrons. The Morgan fingerprint density at radius 2 is 1.83 bits per heavy atom. The number of carbonyl (C=O) groups excluding carboxylic acids is 1. The number of hydrogen-bond acceptors (Lipinski definition) is 3. The second kappa shape index (κ2) is 5.72. The quantitative estimate of drug-likeness (QED) is 0.786. The number of rotatable bonds is 3. The number of carbonyl (C=O) groups is 1. The summed E-state index contributed by atoms with van der Waals surface area (Å²) in [5.74, 6) is -0.122. The van der Waals surface area contributed by atoms with Gasteiger partial charge in [0, 0.05) is 6.04 Å². The van der Waals surface area contributed by atoms with Crippen molar-refractivity contribution in [3.8, 4) is 0 Å². The van der Waals surface area contributed by atoms with Gasteiger partial charge in [-0.3, -0.25) is 4.79 Å². The molecule has 18 heavy (non-hydrogen) atoms. The minimum atomic E-state index is -0.701. The van der Waals surface area contributed by atoms with Crippen LogP contribution in [0.25, 0.3) is 0 Å². The van der Waals surface area contributed by atoms with Crippen LogP contribution in [0.3, 0.4) is 0 Å². The first-order valence-electron chi connectivity index (χ1n) is 7.29. The fraction of sp³-hybridized carbons (Fsp3) is 0.857. The maximum Gasteiger partial charge on any atom is 0.294 e. The van der Waals surface area contributed by atoms with Crippen LogP contribution in [0.5, 0.6) is 0 Å². The van der Waals surface area contributed by atoms with Gasteiger partial charge in [0.25, 0.3) is 11.9 Å². The molecule has 0 aromatic rings. The highest BCUT2D eigenvalue weighted by molar-refractivity contribution is 6.01. The number of amidine groups is 1. The van der Waals surface area contributed by atoms with Gasteiger partial charge in [-0.15, -0.1) is 0 Å². The minimum Gasteiger partial charge on any atom is -0.448 e. The summed E-state index contributed by atoms with van der Waals surface area (Å²) >= 11 is 0. The molecule has 1 saturated carbocycles. The van der Waals surface area contributed by atoms with Gasteiger partial charge in [-0.05, 0) is 25.7 Å². The van der Waals surface area contributed by atoms with Crippen LogP contribution in [0.4, 0.5) is 0 Å². The summed E-state index contributed by atoms with van der Waals surface area (Å²) in [4.78, 5) is 16.0. The summed E-state index contributed by atoms with van der Waals surface area (Å²) in [5.41, 5.74) is -0.701. The fourth-order valence-electron chi connectivity index (χ4n) is 2.80. The zero-order valence-corrected chi connectivity index (χ0v) is 11.5. The number of nitrogens with one attached hydrogen (secondary N) is 1. The summed E-state index contributed by atoms with van der Waals surface area (Å²) < 4.78 is 5.79. The summed E-state index contributed by atoms with van der Waals surface area (Å²) in [5, 5.41) is 3.32. The van der Waals surface area contributed by atoms with Gasteiger partial charge in [-0.1, -0.05) is 39.5 Å². The Kier molecular flexibility index (Phi) is 4.25. The molecule has 0 aromatic heterocycles. The fourth-order valence-corrected chi connectivity index (χ4v) is 2.80. The number of ether oxygens (including phenoxy) is 1. The van der Waals surface area contributed by atoms with Crippen LogP contribution in [-0.2, 0) is 9.53 Å². The highest BCUT2D eigenvalue weighted by Crippen LogP contribution is 2.27. The molecular formula is C14H24N2O2. The van der Waals surface area contributed by atoms with Gasteiger partial charge in [0.1, 0.15) is 0 Å². The first-order chi connectivity index (χ1) is 8.70. The zero-order chi connectivity index (χ0) is 13.0. The van der Waals surface area contributed by atoms with Crippen molar-refractivity contribution < 1.29 is 9.53 Å². The normalized spacial score (nSPS) is 24.3. The highest BCUT2D eigenvalue weighted by atomic mass is 16.5. The Morgan fingerprint density at radius 3 is 2.33 bits per heavy atom. The van der Waals surface area contributed by atoms with Crippen molar-refractivity contribution in [1.29, 1.82) is 0 Å². The Labute approximate surface area is 109 Å². The molecule has 1 aliphatic heterocycles. The van der Waals surface area contributed by atoms with Crippen molar-refractivity contribution in [2.24, 2.45) is 4.99 Å². The van der Waals surface area contributed by atoms with E-state index < -0.39 is 5.60 Å². The lowest BCUT2D eigenvalue weighted by atomic mass is 9.97. The molecule has 1 N–H and O–H groups in total. The van der Waals surface area contributed by atoms with Crippen LogP contribution in [0.2, 0.25) is 0 Å². The predicted molar refractivity (Wildman–Crippen MR) is 71.5 cm³/mol. The third-order valence-electron chi connectivity index (χ3n) is 4.21. The largest absolute Gasteiger partial charge is 0.448 e. The molecule has 1 amide bonds. The zero-order valence-electron chi connectivity index (χ0n) is 11.5. The van der Waals surface area contributed by atoms with E-state index >= 15 is 0 Å². The van der Waals surface area contributed by atoms with Crippen LogP contribution >= 0.6 is 0 Å². The van der Waals surface area contributed by atoms with E-state index in [1.807, 2.05) is 13.8 Å². The molecule has 2 rings (SSSR count). The van der Waals surface area contributed by atoms with Gasteiger partial charge >= 0.3 is 0 Å². The summed E-state index contributed by atoms with van der Waals surface area (Å²) in [6.07, 6.45) is 8.82. The van der Waals surface area contributed by atoms with E-state index in [4.69, 9.17) is 4.74 Å². The van der Waals surface area contributed by atoms with Crippen LogP contribution < -0.4 is 5.32 Å². The van der Waals surface area contributed by atoms with Crippen molar-refractivity contribution in [2.45, 2.75) is 76.9 Å². The van der Waals surface area contributed by atoms with E-state index in [1.165, 1.54) is 25.7 Å². The summed E-state index contributed by atoms with van der Waals surface area (Å²) in [6, 6.07) is 0.874. The molecule has 1 heterocycles. The minimum absolute atomic E-state index is 0.122. The summed E-state index contributed by atoms with van der Waals surface area (Å²) in [7, 11) is 0. The highest BCUT2D eigenvalue weighted by Gasteiger charge is 2.43. The van der Waals surface area contributed by atoms with Crippen molar-refractivity contribution >= 4 is 11.9 Å². The molecule has 4 heteroatoms. The Bertz CT molecular complexity index is 327. The molecule has 0 atom stereocenters. The molecule has 0 spiro atoms. The lowest BCUT2D eigenvalue weighted by Crippen LogP contribution is -2.40. The maximum atomic E-state index is 11.9. The first kappa shape index (κ1) is 13.4. The third kappa shape index (κ3) is 2.68. The Morgan fingerprint density at radius 1 is 1.22 bits per heavy atom. The van der Waals surface area contributed by atoms with E-state index in [-0.39, 0.29) is 5.91 Å². The van der Waals surface area contributed by atoms with Crippen LogP contribution in [0.1, 0.15) is 65.2 Å². The standard InChI is InChI=1S/C14H24N2O2/c1-3-14(4-2)12(17)16-13(18-14)15-11-9-7-5-6-8-10-11/h11H,3-10H2,1-2H3,(H,15,16,17). The van der Waals surface area contributed by atoms with Crippen LogP contribution in [0, 0.1) is 0 Å². The number of hydrogen-bond donors (Lipinski definition) is 1. The van der Waals surface area contributed by atoms with Gasteiger partial charge in [0.05, 0.1) is 0 Å². The number of amides is 1. The van der Waals surface area contributed by atoms with Crippen LogP contribution in [-0.4, -0.2) is 23.6 Å². The average Bonchev–Trinajstić information content (AvgIpc) is 2.56. The van der Waals surface area contributed by atoms with E-state index in [0.717, 1.165) is 12.8 Å². The lowest BCUT2D eigenvalue weighted by molar-refractivity contribution is -0.131. The van der Waals surface area contributed by atoms with Gasteiger partial charge in [0.15, 0.2) is 5.60 Å². The molecule has 2 aliphatic rings. The first-order valence-corrected chi connectivity index (χ1v) is 7.29. The van der Waals surface area contributed by atoms with E-state index in [9.17, 15) is 4.79 Å². The van der Waals surface area contributed by atoms with Crippen molar-refractivity contribution in [3.63, 3.8) is 0 Å². The molecular weight excluding hydrogens is 228 g/mol. The van der Waals surface area contributed by atoms with Gasteiger partial charge < -0.3 is 10.1 Å². The molecule has 1 fully saturated rings. The van der Waals surface area contributed by atoms with E-state index in [2.05, 4.69) is 10.3 Å². The Balaban J connectivity index is 1.95. The van der Waals surface area contributed by atoms with Crippen molar-refractivity contribution in [2.75, 3.05) is 0 Å². The maximum absolute atomic E-state index is 11.9. The van der Waals surface area contributed by atoms with Crippen molar-refractivity contribution in [3.05, 3.63) is 0 Å². The summed E-state index contributed by atoms with van der Waals surface area (Å²) in [6.45, 7) is 3.96. The second-order valence-electron chi connectivity index (χ2n) is 5.36. The average molecular weight is 252 g/mol. The molecule has 102 valence electrons. The molecule has 0 saturated heterocycles.